The molecule has 0 aliphatic heterocycles. The number of carboxylic acids is 1. The first kappa shape index (κ1) is 19.3. The first-order valence-electron chi connectivity index (χ1n) is 9.06. The van der Waals surface area contributed by atoms with Crippen LogP contribution < -0.4 is 11.2 Å². The average Bonchev–Trinajstić information content (AvgIpc) is 2.91. The maximum atomic E-state index is 11.8. The number of aliphatic carboxylic acids is 1. The number of hydrogen-bond acceptors (Lipinski definition) is 5. The zero-order valence-electron chi connectivity index (χ0n) is 15.9. The molecular weight excluding hydrogens is 358 g/mol. The van der Waals surface area contributed by atoms with Crippen molar-refractivity contribution < 1.29 is 14.7 Å². The number of aromatic nitrogens is 3. The van der Waals surface area contributed by atoms with Crippen molar-refractivity contribution in [1.29, 1.82) is 0 Å². The minimum absolute atomic E-state index is 0.0406. The molecule has 8 nitrogen and oxygen atoms in total. The fourth-order valence-electron chi connectivity index (χ4n) is 3.10. The molecule has 0 aliphatic carbocycles. The minimum atomic E-state index is -0.990. The Hall–Kier alpha value is -3.42. The molecule has 28 heavy (non-hydrogen) atoms. The first-order valence-corrected chi connectivity index (χ1v) is 9.06. The number of nitrogens with two attached hydrogens (primary N) is 1. The van der Waals surface area contributed by atoms with E-state index in [0.717, 1.165) is 27.9 Å². The summed E-state index contributed by atoms with van der Waals surface area (Å²) >= 11 is 0. The predicted molar refractivity (Wildman–Crippen MR) is 106 cm³/mol. The molecule has 0 saturated heterocycles. The molecule has 0 atom stereocenters. The van der Waals surface area contributed by atoms with Gasteiger partial charge in [0.15, 0.2) is 11.5 Å². The number of benzene rings is 1. The van der Waals surface area contributed by atoms with Gasteiger partial charge in [0, 0.05) is 36.0 Å². The smallest absolute Gasteiger partial charge is 0.303 e. The Morgan fingerprint density at radius 2 is 1.86 bits per heavy atom. The molecule has 0 fully saturated rings. The summed E-state index contributed by atoms with van der Waals surface area (Å²) in [4.78, 5) is 31.7. The second-order valence-corrected chi connectivity index (χ2v) is 6.63. The Balaban J connectivity index is 1.90. The Bertz CT molecular complexity index is 1030. The summed E-state index contributed by atoms with van der Waals surface area (Å²) in [7, 11) is 0. The van der Waals surface area contributed by atoms with E-state index >= 15 is 0 Å². The van der Waals surface area contributed by atoms with E-state index in [1.165, 1.54) is 0 Å². The van der Waals surface area contributed by atoms with E-state index in [1.807, 2.05) is 44.2 Å². The standard InChI is InChI=1S/C20H23N5O3/c1-12-13(2)25(21)20-18(12)15(10-11-22-16(26)8-9-17(27)28)23-19(24-20)14-6-4-3-5-7-14/h3-7H,8-11,21H2,1-2H3,(H,22,26)(H,27,28). The fraction of sp³-hybridized carbons (Fsp3) is 0.300. The second-order valence-electron chi connectivity index (χ2n) is 6.63. The van der Waals surface area contributed by atoms with Gasteiger partial charge in [-0.05, 0) is 19.4 Å². The Kier molecular flexibility index (Phi) is 5.58. The number of carbonyl (C=O) groups is 2. The lowest BCUT2D eigenvalue weighted by atomic mass is 10.1. The zero-order chi connectivity index (χ0) is 20.3. The Labute approximate surface area is 162 Å². The first-order chi connectivity index (χ1) is 13.4. The molecule has 1 amide bonds. The van der Waals surface area contributed by atoms with Crippen LogP contribution in [-0.4, -0.2) is 38.2 Å². The molecule has 8 heteroatoms. The van der Waals surface area contributed by atoms with Crippen molar-refractivity contribution in [1.82, 2.24) is 20.0 Å². The molecule has 0 aliphatic rings. The summed E-state index contributed by atoms with van der Waals surface area (Å²) in [5.41, 5.74) is 4.24. The third-order valence-electron chi connectivity index (χ3n) is 4.75. The lowest BCUT2D eigenvalue weighted by Crippen LogP contribution is -2.26. The highest BCUT2D eigenvalue weighted by atomic mass is 16.4. The van der Waals surface area contributed by atoms with Crippen LogP contribution in [0.4, 0.5) is 0 Å². The van der Waals surface area contributed by atoms with Crippen molar-refractivity contribution in [2.24, 2.45) is 0 Å². The van der Waals surface area contributed by atoms with Crippen molar-refractivity contribution in [2.45, 2.75) is 33.1 Å². The molecular formula is C20H23N5O3. The highest BCUT2D eigenvalue weighted by molar-refractivity contribution is 5.86. The number of carbonyl (C=O) groups excluding carboxylic acids is 1. The van der Waals surface area contributed by atoms with Crippen LogP contribution in [0.1, 0.15) is 29.8 Å². The van der Waals surface area contributed by atoms with Crippen LogP contribution in [-0.2, 0) is 16.0 Å². The molecule has 2 aromatic heterocycles. The van der Waals surface area contributed by atoms with Crippen molar-refractivity contribution in [3.8, 4) is 11.4 Å². The lowest BCUT2D eigenvalue weighted by molar-refractivity contribution is -0.138. The molecule has 2 heterocycles. The van der Waals surface area contributed by atoms with E-state index in [2.05, 4.69) is 10.3 Å². The number of nitrogens with one attached hydrogen (secondary N) is 1. The molecule has 0 saturated carbocycles. The maximum absolute atomic E-state index is 11.8. The van der Waals surface area contributed by atoms with Crippen LogP contribution in [0.15, 0.2) is 30.3 Å². The van der Waals surface area contributed by atoms with Crippen molar-refractivity contribution in [3.05, 3.63) is 47.3 Å². The van der Waals surface area contributed by atoms with Gasteiger partial charge in [0.1, 0.15) is 0 Å². The topological polar surface area (TPSA) is 123 Å². The number of nitrogens with zero attached hydrogens (tertiary/aromatic N) is 3. The second kappa shape index (κ2) is 8.08. The van der Waals surface area contributed by atoms with Gasteiger partial charge in [-0.2, -0.15) is 0 Å². The minimum Gasteiger partial charge on any atom is -0.481 e. The SMILES string of the molecule is Cc1c(C)n(N)c2nc(-c3ccccc3)nc(CCNC(=O)CCC(=O)O)c12. The molecule has 146 valence electrons. The van der Waals surface area contributed by atoms with E-state index in [0.29, 0.717) is 24.4 Å². The van der Waals surface area contributed by atoms with Crippen molar-refractivity contribution >= 4 is 22.9 Å². The van der Waals surface area contributed by atoms with Crippen LogP contribution in [0.25, 0.3) is 22.4 Å². The summed E-state index contributed by atoms with van der Waals surface area (Å²) in [6, 6.07) is 9.63. The summed E-state index contributed by atoms with van der Waals surface area (Å²) in [5.74, 6) is 5.49. The van der Waals surface area contributed by atoms with Crippen molar-refractivity contribution in [2.75, 3.05) is 12.4 Å². The largest absolute Gasteiger partial charge is 0.481 e. The van der Waals surface area contributed by atoms with Gasteiger partial charge in [-0.3, -0.25) is 9.59 Å². The number of aryl methyl sites for hydroxylation is 1. The number of nitrogen functional groups attached to an aromatic ring is 1. The van der Waals surface area contributed by atoms with Gasteiger partial charge in [0.2, 0.25) is 5.91 Å². The molecule has 0 unspecified atom stereocenters. The van der Waals surface area contributed by atoms with E-state index in [4.69, 9.17) is 15.9 Å². The van der Waals surface area contributed by atoms with Gasteiger partial charge < -0.3 is 16.3 Å². The zero-order valence-corrected chi connectivity index (χ0v) is 15.9. The van der Waals surface area contributed by atoms with Crippen LogP contribution >= 0.6 is 0 Å². The summed E-state index contributed by atoms with van der Waals surface area (Å²) in [5, 5.41) is 12.3. The third-order valence-corrected chi connectivity index (χ3v) is 4.75. The third kappa shape index (κ3) is 3.95. The molecule has 3 rings (SSSR count). The Morgan fingerprint density at radius 1 is 1.14 bits per heavy atom. The number of carboxylic acid groups (broad SMARTS) is 1. The molecule has 1 aromatic carbocycles. The highest BCUT2D eigenvalue weighted by Crippen LogP contribution is 2.27. The number of rotatable bonds is 7. The molecule has 3 aromatic rings. The monoisotopic (exact) mass is 381 g/mol. The van der Waals surface area contributed by atoms with E-state index in [1.54, 1.807) is 4.68 Å². The van der Waals surface area contributed by atoms with Crippen LogP contribution in [0.3, 0.4) is 0 Å². The van der Waals surface area contributed by atoms with E-state index in [9.17, 15) is 9.59 Å². The lowest BCUT2D eigenvalue weighted by Gasteiger charge is -2.09. The van der Waals surface area contributed by atoms with Gasteiger partial charge in [0.05, 0.1) is 12.1 Å². The van der Waals surface area contributed by atoms with Crippen LogP contribution in [0.2, 0.25) is 0 Å². The highest BCUT2D eigenvalue weighted by Gasteiger charge is 2.18. The quantitative estimate of drug-likeness (QED) is 0.538. The number of fused-ring (bicyclic) bond motifs is 1. The fourth-order valence-corrected chi connectivity index (χ4v) is 3.10. The summed E-state index contributed by atoms with van der Waals surface area (Å²) in [6.45, 7) is 4.26. The average molecular weight is 381 g/mol. The van der Waals surface area contributed by atoms with Crippen LogP contribution in [0.5, 0.6) is 0 Å². The molecule has 0 bridgehead atoms. The van der Waals surface area contributed by atoms with Gasteiger partial charge >= 0.3 is 5.97 Å². The number of amides is 1. The summed E-state index contributed by atoms with van der Waals surface area (Å²) in [6.07, 6.45) is 0.263. The normalized spacial score (nSPS) is 10.9. The van der Waals surface area contributed by atoms with Crippen molar-refractivity contribution in [3.63, 3.8) is 0 Å². The van der Waals surface area contributed by atoms with Crippen LogP contribution in [0, 0.1) is 13.8 Å². The summed E-state index contributed by atoms with van der Waals surface area (Å²) < 4.78 is 1.56. The maximum Gasteiger partial charge on any atom is 0.303 e. The molecule has 4 N–H and O–H groups in total. The number of hydrogen-bond donors (Lipinski definition) is 3. The van der Waals surface area contributed by atoms with E-state index in [-0.39, 0.29) is 18.7 Å². The van der Waals surface area contributed by atoms with Gasteiger partial charge in [-0.1, -0.05) is 30.3 Å². The van der Waals surface area contributed by atoms with Gasteiger partial charge in [-0.15, -0.1) is 0 Å². The predicted octanol–water partition coefficient (Wildman–Crippen LogP) is 1.95. The van der Waals surface area contributed by atoms with Gasteiger partial charge in [0.25, 0.3) is 0 Å². The molecule has 0 spiro atoms. The Morgan fingerprint density at radius 3 is 2.54 bits per heavy atom. The van der Waals surface area contributed by atoms with Gasteiger partial charge in [-0.25, -0.2) is 14.6 Å². The molecule has 0 radical (unpaired) electrons. The van der Waals surface area contributed by atoms with E-state index < -0.39 is 5.97 Å².